The van der Waals surface area contributed by atoms with Gasteiger partial charge in [0, 0.05) is 18.3 Å². The Morgan fingerprint density at radius 3 is 2.56 bits per heavy atom. The highest BCUT2D eigenvalue weighted by Gasteiger charge is 2.52. The second-order valence-corrected chi connectivity index (χ2v) is 4.46. The van der Waals surface area contributed by atoms with Gasteiger partial charge in [0.25, 0.3) is 5.91 Å². The molecule has 0 bridgehead atoms. The van der Waals surface area contributed by atoms with E-state index in [9.17, 15) is 10.1 Å². The maximum absolute atomic E-state index is 12.3. The van der Waals surface area contributed by atoms with Crippen molar-refractivity contribution in [3.8, 4) is 6.07 Å². The smallest absolute Gasteiger partial charge is 0.252 e. The first-order valence-corrected chi connectivity index (χ1v) is 5.34. The van der Waals surface area contributed by atoms with Gasteiger partial charge in [0.1, 0.15) is 0 Å². The molecule has 0 radical (unpaired) electrons. The van der Waals surface area contributed by atoms with Crippen LogP contribution in [-0.2, 0) is 10.2 Å². The molecule has 2 rings (SSSR count). The Morgan fingerprint density at radius 1 is 1.38 bits per heavy atom. The summed E-state index contributed by atoms with van der Waals surface area (Å²) >= 11 is 0. The van der Waals surface area contributed by atoms with Crippen molar-refractivity contribution < 1.29 is 4.79 Å². The number of benzene rings is 1. The van der Waals surface area contributed by atoms with Crippen molar-refractivity contribution in [1.82, 2.24) is 0 Å². The van der Waals surface area contributed by atoms with E-state index in [-0.39, 0.29) is 11.8 Å². The highest BCUT2D eigenvalue weighted by atomic mass is 16.2. The van der Waals surface area contributed by atoms with Crippen LogP contribution >= 0.6 is 0 Å². The summed E-state index contributed by atoms with van der Waals surface area (Å²) < 4.78 is 0. The van der Waals surface area contributed by atoms with Gasteiger partial charge >= 0.3 is 0 Å². The Labute approximate surface area is 95.3 Å². The summed E-state index contributed by atoms with van der Waals surface area (Å²) in [5, 5.41) is 9.42. The summed E-state index contributed by atoms with van der Waals surface area (Å²) in [5.74, 6) is -0.151. The third-order valence-corrected chi connectivity index (χ3v) is 3.37. The van der Waals surface area contributed by atoms with Gasteiger partial charge in [-0.15, -0.1) is 0 Å². The SMILES string of the molecule is CC(C)C1(C#N)C(=O)N(C)c2ccccc21. The molecule has 3 heteroatoms. The first-order chi connectivity index (χ1) is 7.55. The quantitative estimate of drug-likeness (QED) is 0.718. The number of anilines is 1. The van der Waals surface area contributed by atoms with Crippen molar-refractivity contribution in [2.24, 2.45) is 5.92 Å². The van der Waals surface area contributed by atoms with E-state index in [0.29, 0.717) is 0 Å². The molecule has 1 unspecified atom stereocenters. The van der Waals surface area contributed by atoms with E-state index in [4.69, 9.17) is 0 Å². The van der Waals surface area contributed by atoms with Crippen LogP contribution in [0.25, 0.3) is 0 Å². The lowest BCUT2D eigenvalue weighted by Gasteiger charge is -2.24. The van der Waals surface area contributed by atoms with Gasteiger partial charge in [-0.3, -0.25) is 4.79 Å². The molecule has 3 nitrogen and oxygen atoms in total. The van der Waals surface area contributed by atoms with Gasteiger partial charge in [0.2, 0.25) is 0 Å². The molecule has 1 aliphatic rings. The standard InChI is InChI=1S/C13H14N2O/c1-9(2)13(8-14)10-6-4-5-7-11(10)15(3)12(13)16/h4-7,9H,1-3H3. The maximum atomic E-state index is 12.3. The average molecular weight is 214 g/mol. The Kier molecular flexibility index (Phi) is 2.23. The van der Waals surface area contributed by atoms with E-state index < -0.39 is 5.41 Å². The Balaban J connectivity index is 2.75. The predicted molar refractivity (Wildman–Crippen MR) is 62.0 cm³/mol. The van der Waals surface area contributed by atoms with E-state index in [1.54, 1.807) is 11.9 Å². The average Bonchev–Trinajstić information content (AvgIpc) is 2.50. The number of carbonyl (C=O) groups is 1. The van der Waals surface area contributed by atoms with E-state index in [1.807, 2.05) is 38.1 Å². The summed E-state index contributed by atoms with van der Waals surface area (Å²) in [6.45, 7) is 3.83. The fourth-order valence-corrected chi connectivity index (χ4v) is 2.38. The molecule has 0 spiro atoms. The first kappa shape index (κ1) is 10.7. The number of nitriles is 1. The number of amides is 1. The summed E-state index contributed by atoms with van der Waals surface area (Å²) in [6.07, 6.45) is 0. The fraction of sp³-hybridized carbons (Fsp3) is 0.385. The minimum atomic E-state index is -1.01. The van der Waals surface area contributed by atoms with Gasteiger partial charge in [0.15, 0.2) is 5.41 Å². The number of likely N-dealkylation sites (N-methyl/N-ethyl adjacent to an activating group) is 1. The molecule has 1 heterocycles. The number of hydrogen-bond donors (Lipinski definition) is 0. The topological polar surface area (TPSA) is 44.1 Å². The monoisotopic (exact) mass is 214 g/mol. The highest BCUT2D eigenvalue weighted by Crippen LogP contribution is 2.45. The molecular weight excluding hydrogens is 200 g/mol. The van der Waals surface area contributed by atoms with Crippen LogP contribution in [0, 0.1) is 17.2 Å². The highest BCUT2D eigenvalue weighted by molar-refractivity contribution is 6.10. The zero-order valence-corrected chi connectivity index (χ0v) is 9.69. The van der Waals surface area contributed by atoms with Crippen molar-refractivity contribution in [2.45, 2.75) is 19.3 Å². The van der Waals surface area contributed by atoms with Crippen molar-refractivity contribution in [2.75, 3.05) is 11.9 Å². The Hall–Kier alpha value is -1.82. The van der Waals surface area contributed by atoms with Gasteiger partial charge in [-0.1, -0.05) is 32.0 Å². The zero-order valence-electron chi connectivity index (χ0n) is 9.69. The molecule has 1 atom stereocenters. The normalized spacial score (nSPS) is 23.4. The zero-order chi connectivity index (χ0) is 11.9. The fourth-order valence-electron chi connectivity index (χ4n) is 2.38. The van der Waals surface area contributed by atoms with Gasteiger partial charge < -0.3 is 4.90 Å². The van der Waals surface area contributed by atoms with E-state index in [0.717, 1.165) is 11.3 Å². The molecule has 16 heavy (non-hydrogen) atoms. The largest absolute Gasteiger partial charge is 0.313 e. The van der Waals surface area contributed by atoms with Crippen LogP contribution < -0.4 is 4.90 Å². The molecule has 0 saturated heterocycles. The van der Waals surface area contributed by atoms with Gasteiger partial charge in [-0.05, 0) is 12.0 Å². The van der Waals surface area contributed by atoms with Crippen LogP contribution in [0.5, 0.6) is 0 Å². The summed E-state index contributed by atoms with van der Waals surface area (Å²) in [7, 11) is 1.72. The molecule has 1 aliphatic heterocycles. The summed E-state index contributed by atoms with van der Waals surface area (Å²) in [4.78, 5) is 13.8. The molecular formula is C13H14N2O. The van der Waals surface area contributed by atoms with Crippen LogP contribution in [0.1, 0.15) is 19.4 Å². The molecule has 1 amide bonds. The van der Waals surface area contributed by atoms with Crippen LogP contribution in [0.3, 0.4) is 0 Å². The number of fused-ring (bicyclic) bond motifs is 1. The molecule has 0 N–H and O–H groups in total. The number of hydrogen-bond acceptors (Lipinski definition) is 2. The maximum Gasteiger partial charge on any atom is 0.252 e. The lowest BCUT2D eigenvalue weighted by molar-refractivity contribution is -0.122. The Bertz CT molecular complexity index is 487. The van der Waals surface area contributed by atoms with Crippen LogP contribution in [0.15, 0.2) is 24.3 Å². The summed E-state index contributed by atoms with van der Waals surface area (Å²) in [6, 6.07) is 9.74. The van der Waals surface area contributed by atoms with Crippen LogP contribution in [-0.4, -0.2) is 13.0 Å². The van der Waals surface area contributed by atoms with Gasteiger partial charge in [-0.2, -0.15) is 5.26 Å². The lowest BCUT2D eigenvalue weighted by Crippen LogP contribution is -2.41. The molecule has 82 valence electrons. The third-order valence-electron chi connectivity index (χ3n) is 3.37. The number of carbonyl (C=O) groups excluding carboxylic acids is 1. The van der Waals surface area contributed by atoms with Crippen molar-refractivity contribution in [3.05, 3.63) is 29.8 Å². The second kappa shape index (κ2) is 3.34. The first-order valence-electron chi connectivity index (χ1n) is 5.34. The van der Waals surface area contributed by atoms with Crippen molar-refractivity contribution in [3.63, 3.8) is 0 Å². The minimum absolute atomic E-state index is 0.0314. The molecule has 0 fully saturated rings. The molecule has 1 aromatic rings. The van der Waals surface area contributed by atoms with Crippen molar-refractivity contribution >= 4 is 11.6 Å². The molecule has 1 aromatic carbocycles. The van der Waals surface area contributed by atoms with Gasteiger partial charge in [0.05, 0.1) is 6.07 Å². The third kappa shape index (κ3) is 1.04. The molecule has 0 aliphatic carbocycles. The molecule has 0 saturated carbocycles. The van der Waals surface area contributed by atoms with Gasteiger partial charge in [-0.25, -0.2) is 0 Å². The number of para-hydroxylation sites is 1. The lowest BCUT2D eigenvalue weighted by atomic mass is 9.74. The predicted octanol–water partition coefficient (Wildman–Crippen LogP) is 2.08. The molecule has 0 aromatic heterocycles. The van der Waals surface area contributed by atoms with Crippen LogP contribution in [0.4, 0.5) is 5.69 Å². The van der Waals surface area contributed by atoms with Crippen molar-refractivity contribution in [1.29, 1.82) is 5.26 Å². The van der Waals surface area contributed by atoms with E-state index >= 15 is 0 Å². The number of rotatable bonds is 1. The van der Waals surface area contributed by atoms with Crippen LogP contribution in [0.2, 0.25) is 0 Å². The van der Waals surface area contributed by atoms with E-state index in [2.05, 4.69) is 6.07 Å². The van der Waals surface area contributed by atoms with E-state index in [1.165, 1.54) is 0 Å². The second-order valence-electron chi connectivity index (χ2n) is 4.46. The Morgan fingerprint density at radius 2 is 2.00 bits per heavy atom. The minimum Gasteiger partial charge on any atom is -0.313 e. The number of nitrogens with zero attached hydrogens (tertiary/aromatic N) is 2. The summed E-state index contributed by atoms with van der Waals surface area (Å²) in [5.41, 5.74) is 0.675.